The molecule has 0 aliphatic rings. The van der Waals surface area contributed by atoms with E-state index in [1.165, 1.54) is 0 Å². The van der Waals surface area contributed by atoms with Gasteiger partial charge in [0.2, 0.25) is 0 Å². The van der Waals surface area contributed by atoms with E-state index in [9.17, 15) is 4.79 Å². The molecule has 100 valence electrons. The Morgan fingerprint density at radius 2 is 2.00 bits per heavy atom. The average molecular weight is 269 g/mol. The van der Waals surface area contributed by atoms with E-state index in [0.29, 0.717) is 22.2 Å². The normalized spacial score (nSPS) is 12.5. The van der Waals surface area contributed by atoms with Crippen LogP contribution in [0.3, 0.4) is 0 Å². The van der Waals surface area contributed by atoms with E-state index in [0.717, 1.165) is 12.8 Å². The molecule has 1 amide bonds. The van der Waals surface area contributed by atoms with Gasteiger partial charge in [-0.25, -0.2) is 0 Å². The molecule has 4 heteroatoms. The van der Waals surface area contributed by atoms with E-state index in [1.54, 1.807) is 18.2 Å². The zero-order valence-corrected chi connectivity index (χ0v) is 11.9. The second kappa shape index (κ2) is 6.64. The first-order valence-electron chi connectivity index (χ1n) is 6.26. The molecule has 1 rings (SSSR count). The summed E-state index contributed by atoms with van der Waals surface area (Å²) in [4.78, 5) is 12.0. The Bertz CT molecular complexity index is 418. The highest BCUT2D eigenvalue weighted by Crippen LogP contribution is 2.19. The molecular formula is C14H21ClN2O. The average Bonchev–Trinajstić information content (AvgIpc) is 2.26. The van der Waals surface area contributed by atoms with Crippen LogP contribution in [0.5, 0.6) is 0 Å². The van der Waals surface area contributed by atoms with Gasteiger partial charge in [0, 0.05) is 11.7 Å². The summed E-state index contributed by atoms with van der Waals surface area (Å²) in [7, 11) is 0. The Morgan fingerprint density at radius 1 is 1.33 bits per heavy atom. The summed E-state index contributed by atoms with van der Waals surface area (Å²) in [6.07, 6.45) is 2.06. The molecule has 0 saturated carbocycles. The molecule has 1 aromatic carbocycles. The maximum atomic E-state index is 12.0. The molecular weight excluding hydrogens is 248 g/mol. The van der Waals surface area contributed by atoms with Gasteiger partial charge in [0.1, 0.15) is 0 Å². The first kappa shape index (κ1) is 14.8. The zero-order valence-electron chi connectivity index (χ0n) is 11.2. The van der Waals surface area contributed by atoms with E-state index in [-0.39, 0.29) is 11.9 Å². The first-order chi connectivity index (χ1) is 8.40. The standard InChI is InChI=1S/C14H21ClN2O/c1-9(2)4-5-10(3)17-14(18)12-7-6-11(16)8-13(12)15/h6-10H,4-5,16H2,1-3H3,(H,17,18). The van der Waals surface area contributed by atoms with E-state index < -0.39 is 0 Å². The van der Waals surface area contributed by atoms with Crippen molar-refractivity contribution in [2.75, 3.05) is 5.73 Å². The van der Waals surface area contributed by atoms with Gasteiger partial charge in [-0.1, -0.05) is 25.4 Å². The third-order valence-electron chi connectivity index (χ3n) is 2.79. The molecule has 0 aliphatic heterocycles. The number of rotatable bonds is 5. The second-order valence-electron chi connectivity index (χ2n) is 5.08. The van der Waals surface area contributed by atoms with Gasteiger partial charge >= 0.3 is 0 Å². The number of anilines is 1. The highest BCUT2D eigenvalue weighted by atomic mass is 35.5. The zero-order chi connectivity index (χ0) is 13.7. The summed E-state index contributed by atoms with van der Waals surface area (Å²) in [5, 5.41) is 3.34. The fraction of sp³-hybridized carbons (Fsp3) is 0.500. The molecule has 1 atom stereocenters. The number of hydrogen-bond acceptors (Lipinski definition) is 2. The molecule has 3 nitrogen and oxygen atoms in total. The van der Waals surface area contributed by atoms with Gasteiger partial charge in [0.05, 0.1) is 10.6 Å². The number of carbonyl (C=O) groups excluding carboxylic acids is 1. The number of amides is 1. The molecule has 18 heavy (non-hydrogen) atoms. The van der Waals surface area contributed by atoms with E-state index >= 15 is 0 Å². The monoisotopic (exact) mass is 268 g/mol. The van der Waals surface area contributed by atoms with E-state index in [1.807, 2.05) is 6.92 Å². The van der Waals surface area contributed by atoms with Crippen molar-refractivity contribution < 1.29 is 4.79 Å². The first-order valence-corrected chi connectivity index (χ1v) is 6.64. The summed E-state index contributed by atoms with van der Waals surface area (Å²) < 4.78 is 0. The smallest absolute Gasteiger partial charge is 0.253 e. The molecule has 0 saturated heterocycles. The van der Waals surface area contributed by atoms with Crippen molar-refractivity contribution in [1.82, 2.24) is 5.32 Å². The van der Waals surface area contributed by atoms with Crippen LogP contribution in [0.4, 0.5) is 5.69 Å². The highest BCUT2D eigenvalue weighted by molar-refractivity contribution is 6.34. The van der Waals surface area contributed by atoms with Gasteiger partial charge in [-0.05, 0) is 43.9 Å². The Balaban J connectivity index is 2.59. The number of nitrogens with one attached hydrogen (secondary N) is 1. The molecule has 0 aromatic heterocycles. The molecule has 0 aliphatic carbocycles. The summed E-state index contributed by atoms with van der Waals surface area (Å²) in [5.74, 6) is 0.501. The minimum atomic E-state index is -0.142. The maximum Gasteiger partial charge on any atom is 0.253 e. The van der Waals surface area contributed by atoms with Crippen LogP contribution in [0.15, 0.2) is 18.2 Å². The quantitative estimate of drug-likeness (QED) is 0.804. The van der Waals surface area contributed by atoms with Crippen molar-refractivity contribution in [1.29, 1.82) is 0 Å². The number of nitrogens with two attached hydrogens (primary N) is 1. The van der Waals surface area contributed by atoms with Crippen molar-refractivity contribution in [2.24, 2.45) is 5.92 Å². The molecule has 1 unspecified atom stereocenters. The number of benzene rings is 1. The fourth-order valence-electron chi connectivity index (χ4n) is 1.67. The largest absolute Gasteiger partial charge is 0.399 e. The Morgan fingerprint density at radius 3 is 2.56 bits per heavy atom. The van der Waals surface area contributed by atoms with Crippen molar-refractivity contribution in [3.63, 3.8) is 0 Å². The summed E-state index contributed by atoms with van der Waals surface area (Å²) in [6, 6.07) is 5.07. The summed E-state index contributed by atoms with van der Waals surface area (Å²) in [6.45, 7) is 6.35. The van der Waals surface area contributed by atoms with Gasteiger partial charge in [0.15, 0.2) is 0 Å². The van der Waals surface area contributed by atoms with Crippen molar-refractivity contribution in [3.8, 4) is 0 Å². The Kier molecular flexibility index (Phi) is 5.48. The fourth-order valence-corrected chi connectivity index (χ4v) is 1.95. The molecule has 0 fully saturated rings. The van der Waals surface area contributed by atoms with Crippen molar-refractivity contribution >= 4 is 23.2 Å². The van der Waals surface area contributed by atoms with E-state index in [2.05, 4.69) is 19.2 Å². The van der Waals surface area contributed by atoms with Gasteiger partial charge < -0.3 is 11.1 Å². The molecule has 0 radical (unpaired) electrons. The van der Waals surface area contributed by atoms with Gasteiger partial charge in [0.25, 0.3) is 5.91 Å². The summed E-state index contributed by atoms with van der Waals surface area (Å²) >= 11 is 5.99. The Hall–Kier alpha value is -1.22. The van der Waals surface area contributed by atoms with E-state index in [4.69, 9.17) is 17.3 Å². The topological polar surface area (TPSA) is 55.1 Å². The number of hydrogen-bond donors (Lipinski definition) is 2. The van der Waals surface area contributed by atoms with Gasteiger partial charge in [-0.3, -0.25) is 4.79 Å². The van der Waals surface area contributed by atoms with Crippen molar-refractivity contribution in [3.05, 3.63) is 28.8 Å². The summed E-state index contributed by atoms with van der Waals surface area (Å²) in [5.41, 5.74) is 6.63. The molecule has 3 N–H and O–H groups in total. The van der Waals surface area contributed by atoms with Crippen LogP contribution in [0.25, 0.3) is 0 Å². The van der Waals surface area contributed by atoms with Crippen LogP contribution in [-0.2, 0) is 0 Å². The van der Waals surface area contributed by atoms with Gasteiger partial charge in [-0.2, -0.15) is 0 Å². The molecule has 0 heterocycles. The SMILES string of the molecule is CC(C)CCC(C)NC(=O)c1ccc(N)cc1Cl. The number of carbonyl (C=O) groups is 1. The minimum Gasteiger partial charge on any atom is -0.399 e. The molecule has 0 spiro atoms. The van der Waals surface area contributed by atoms with Crippen LogP contribution in [0.2, 0.25) is 5.02 Å². The van der Waals surface area contributed by atoms with Crippen LogP contribution in [0, 0.1) is 5.92 Å². The van der Waals surface area contributed by atoms with Crippen LogP contribution < -0.4 is 11.1 Å². The third kappa shape index (κ3) is 4.57. The predicted molar refractivity (Wildman–Crippen MR) is 76.9 cm³/mol. The lowest BCUT2D eigenvalue weighted by atomic mass is 10.0. The highest BCUT2D eigenvalue weighted by Gasteiger charge is 2.13. The lowest BCUT2D eigenvalue weighted by molar-refractivity contribution is 0.0937. The predicted octanol–water partition coefficient (Wildman–Crippen LogP) is 3.48. The lowest BCUT2D eigenvalue weighted by Gasteiger charge is -2.15. The maximum absolute atomic E-state index is 12.0. The third-order valence-corrected chi connectivity index (χ3v) is 3.11. The molecule has 1 aromatic rings. The second-order valence-corrected chi connectivity index (χ2v) is 5.49. The van der Waals surface area contributed by atoms with Crippen molar-refractivity contribution in [2.45, 2.75) is 39.7 Å². The van der Waals surface area contributed by atoms with Gasteiger partial charge in [-0.15, -0.1) is 0 Å². The molecule has 0 bridgehead atoms. The lowest BCUT2D eigenvalue weighted by Crippen LogP contribution is -2.32. The van der Waals surface area contributed by atoms with Crippen LogP contribution in [-0.4, -0.2) is 11.9 Å². The van der Waals surface area contributed by atoms with Crippen LogP contribution in [0.1, 0.15) is 44.0 Å². The van der Waals surface area contributed by atoms with Crippen LogP contribution >= 0.6 is 11.6 Å². The Labute approximate surface area is 114 Å². The number of halogens is 1. The number of nitrogen functional groups attached to an aromatic ring is 1. The minimum absolute atomic E-state index is 0.142.